The van der Waals surface area contributed by atoms with Crippen LogP contribution in [0, 0.1) is 17.3 Å². The highest BCUT2D eigenvalue weighted by Gasteiger charge is 2.45. The summed E-state index contributed by atoms with van der Waals surface area (Å²) in [6.07, 6.45) is 3.09. The number of anilines is 1. The van der Waals surface area contributed by atoms with E-state index in [9.17, 15) is 9.60 Å². The van der Waals surface area contributed by atoms with E-state index in [4.69, 9.17) is 5.26 Å². The van der Waals surface area contributed by atoms with E-state index in [2.05, 4.69) is 15.6 Å². The lowest BCUT2D eigenvalue weighted by Crippen LogP contribution is -2.63. The molecule has 7 heteroatoms. The number of hydrogen-bond donors (Lipinski definition) is 3. The van der Waals surface area contributed by atoms with Crippen molar-refractivity contribution in [2.75, 3.05) is 5.32 Å². The number of piperidine rings is 1. The van der Waals surface area contributed by atoms with E-state index in [0.717, 1.165) is 0 Å². The number of rotatable bonds is 2. The number of nitrogens with one attached hydrogen (secondary N) is 2. The van der Waals surface area contributed by atoms with Crippen LogP contribution in [0.5, 0.6) is 0 Å². The predicted octanol–water partition coefficient (Wildman–Crippen LogP) is 3.08. The van der Waals surface area contributed by atoms with E-state index in [0.29, 0.717) is 18.5 Å². The average Bonchev–Trinajstić information content (AvgIpc) is 2.44. The number of halogens is 1. The van der Waals surface area contributed by atoms with Gasteiger partial charge >= 0.3 is 0 Å². The Bertz CT molecular complexity index is 647. The summed E-state index contributed by atoms with van der Waals surface area (Å²) < 4.78 is 13.3. The van der Waals surface area contributed by atoms with Gasteiger partial charge in [0.1, 0.15) is 5.82 Å². The van der Waals surface area contributed by atoms with Crippen LogP contribution < -0.4 is 10.6 Å². The van der Waals surface area contributed by atoms with Gasteiger partial charge in [0.25, 0.3) is 0 Å². The van der Waals surface area contributed by atoms with Crippen molar-refractivity contribution in [2.45, 2.75) is 57.7 Å². The predicted molar refractivity (Wildman–Crippen MR) is 91.0 cm³/mol. The van der Waals surface area contributed by atoms with E-state index in [-0.39, 0.29) is 17.8 Å². The summed E-state index contributed by atoms with van der Waals surface area (Å²) in [5.41, 5.74) is -0.332. The second kappa shape index (κ2) is 6.75. The maximum Gasteiger partial charge on any atom is 0.211 e. The van der Waals surface area contributed by atoms with Crippen LogP contribution in [-0.4, -0.2) is 33.3 Å². The summed E-state index contributed by atoms with van der Waals surface area (Å²) in [5, 5.41) is 26.8. The lowest BCUT2D eigenvalue weighted by atomic mass is 9.79. The summed E-state index contributed by atoms with van der Waals surface area (Å²) >= 11 is 0. The third-order valence-corrected chi connectivity index (χ3v) is 4.23. The number of benzene rings is 1. The molecule has 0 saturated carbocycles. The SMILES string of the molecule is CC1(C)CC(NC(=NC#N)Nc2cccc(F)c2)CC(C)(C)N1O. The lowest BCUT2D eigenvalue weighted by molar-refractivity contribution is -0.245. The Hall–Kier alpha value is -2.17. The fourth-order valence-corrected chi connectivity index (χ4v) is 3.42. The van der Waals surface area contributed by atoms with E-state index in [1.54, 1.807) is 18.3 Å². The molecule has 1 aliphatic heterocycles. The van der Waals surface area contributed by atoms with E-state index in [1.165, 1.54) is 17.2 Å². The Kier molecular flexibility index (Phi) is 5.11. The number of nitrogens with zero attached hydrogens (tertiary/aromatic N) is 3. The van der Waals surface area contributed by atoms with Gasteiger partial charge in [0.15, 0.2) is 0 Å². The van der Waals surface area contributed by atoms with Crippen molar-refractivity contribution in [2.24, 2.45) is 4.99 Å². The molecule has 0 bridgehead atoms. The third-order valence-electron chi connectivity index (χ3n) is 4.23. The van der Waals surface area contributed by atoms with Crippen molar-refractivity contribution in [3.05, 3.63) is 30.1 Å². The van der Waals surface area contributed by atoms with Gasteiger partial charge in [0, 0.05) is 22.8 Å². The Morgan fingerprint density at radius 1 is 1.33 bits per heavy atom. The summed E-state index contributed by atoms with van der Waals surface area (Å²) in [6.45, 7) is 7.85. The zero-order valence-corrected chi connectivity index (χ0v) is 14.5. The molecule has 1 aromatic carbocycles. The molecular formula is C17H24FN5O. The minimum absolute atomic E-state index is 0.00607. The van der Waals surface area contributed by atoms with Crippen LogP contribution in [0.1, 0.15) is 40.5 Å². The minimum Gasteiger partial charge on any atom is -0.352 e. The Labute approximate surface area is 142 Å². The van der Waals surface area contributed by atoms with Gasteiger partial charge < -0.3 is 15.8 Å². The Morgan fingerprint density at radius 3 is 2.50 bits per heavy atom. The van der Waals surface area contributed by atoms with Crippen molar-refractivity contribution in [3.63, 3.8) is 0 Å². The van der Waals surface area contributed by atoms with Gasteiger partial charge in [-0.05, 0) is 58.7 Å². The molecule has 2 rings (SSSR count). The van der Waals surface area contributed by atoms with E-state index >= 15 is 0 Å². The number of nitriles is 1. The first-order valence-electron chi connectivity index (χ1n) is 7.89. The Morgan fingerprint density at radius 2 is 1.96 bits per heavy atom. The topological polar surface area (TPSA) is 83.7 Å². The zero-order chi connectivity index (χ0) is 18.0. The molecule has 1 saturated heterocycles. The van der Waals surface area contributed by atoms with Crippen LogP contribution in [0.15, 0.2) is 29.3 Å². The van der Waals surface area contributed by atoms with Gasteiger partial charge in [-0.3, -0.25) is 0 Å². The highest BCUT2D eigenvalue weighted by Crippen LogP contribution is 2.36. The molecule has 0 amide bonds. The van der Waals surface area contributed by atoms with Gasteiger partial charge in [0.2, 0.25) is 12.2 Å². The molecule has 3 N–H and O–H groups in total. The van der Waals surface area contributed by atoms with Crippen LogP contribution in [-0.2, 0) is 0 Å². The molecule has 0 atom stereocenters. The molecule has 24 heavy (non-hydrogen) atoms. The van der Waals surface area contributed by atoms with Gasteiger partial charge in [-0.15, -0.1) is 4.99 Å². The zero-order valence-electron chi connectivity index (χ0n) is 14.5. The summed E-state index contributed by atoms with van der Waals surface area (Å²) in [6, 6.07) is 5.96. The van der Waals surface area contributed by atoms with Crippen molar-refractivity contribution in [1.29, 1.82) is 5.26 Å². The average molecular weight is 333 g/mol. The van der Waals surface area contributed by atoms with Crippen molar-refractivity contribution >= 4 is 11.6 Å². The quantitative estimate of drug-likeness (QED) is 0.440. The smallest absolute Gasteiger partial charge is 0.211 e. The number of hydroxylamine groups is 2. The van der Waals surface area contributed by atoms with Crippen molar-refractivity contribution < 1.29 is 9.60 Å². The normalized spacial score (nSPS) is 21.1. The molecule has 1 heterocycles. The minimum atomic E-state index is -0.421. The van der Waals surface area contributed by atoms with Crippen LogP contribution in [0.4, 0.5) is 10.1 Å². The molecule has 1 aliphatic rings. The third kappa shape index (κ3) is 4.22. The van der Waals surface area contributed by atoms with Gasteiger partial charge in [-0.25, -0.2) is 4.39 Å². The number of guanidine groups is 1. The van der Waals surface area contributed by atoms with Crippen molar-refractivity contribution in [1.82, 2.24) is 10.4 Å². The maximum atomic E-state index is 13.3. The van der Waals surface area contributed by atoms with Crippen LogP contribution in [0.25, 0.3) is 0 Å². The van der Waals surface area contributed by atoms with E-state index < -0.39 is 11.1 Å². The first-order chi connectivity index (χ1) is 11.1. The number of aliphatic imine (C=N–C) groups is 1. The molecule has 0 aromatic heterocycles. The van der Waals surface area contributed by atoms with Gasteiger partial charge in [0.05, 0.1) is 0 Å². The van der Waals surface area contributed by atoms with Gasteiger partial charge in [-0.2, -0.15) is 10.3 Å². The van der Waals surface area contributed by atoms with Crippen LogP contribution in [0.2, 0.25) is 0 Å². The number of hydrogen-bond acceptors (Lipinski definition) is 4. The van der Waals surface area contributed by atoms with Crippen LogP contribution >= 0.6 is 0 Å². The molecular weight excluding hydrogens is 309 g/mol. The monoisotopic (exact) mass is 333 g/mol. The fourth-order valence-electron chi connectivity index (χ4n) is 3.42. The van der Waals surface area contributed by atoms with E-state index in [1.807, 2.05) is 27.7 Å². The molecule has 6 nitrogen and oxygen atoms in total. The van der Waals surface area contributed by atoms with Crippen molar-refractivity contribution in [3.8, 4) is 6.19 Å². The summed E-state index contributed by atoms with van der Waals surface area (Å²) in [7, 11) is 0. The highest BCUT2D eigenvalue weighted by atomic mass is 19.1. The molecule has 0 spiro atoms. The molecule has 0 aliphatic carbocycles. The highest BCUT2D eigenvalue weighted by molar-refractivity contribution is 5.94. The van der Waals surface area contributed by atoms with Gasteiger partial charge in [-0.1, -0.05) is 6.07 Å². The standard InChI is InChI=1S/C17H24FN5O/c1-16(2)9-14(10-17(3,4)23(16)24)22-15(20-11-19)21-13-7-5-6-12(18)8-13/h5-8,14,24H,9-10H2,1-4H3,(H2,20,21,22). The second-order valence-corrected chi connectivity index (χ2v) is 7.38. The second-order valence-electron chi connectivity index (χ2n) is 7.38. The first kappa shape index (κ1) is 18.2. The summed E-state index contributed by atoms with van der Waals surface area (Å²) in [4.78, 5) is 3.76. The molecule has 1 aromatic rings. The Balaban J connectivity index is 2.14. The van der Waals surface area contributed by atoms with Crippen LogP contribution in [0.3, 0.4) is 0 Å². The molecule has 130 valence electrons. The first-order valence-corrected chi connectivity index (χ1v) is 7.89. The molecule has 0 radical (unpaired) electrons. The fraction of sp³-hybridized carbons (Fsp3) is 0.529. The maximum absolute atomic E-state index is 13.3. The molecule has 0 unspecified atom stereocenters. The summed E-state index contributed by atoms with van der Waals surface area (Å²) in [5.74, 6) is -0.0988. The lowest BCUT2D eigenvalue weighted by Gasteiger charge is -2.51. The molecule has 1 fully saturated rings. The largest absolute Gasteiger partial charge is 0.352 e.